The van der Waals surface area contributed by atoms with E-state index >= 15 is 0 Å². The van der Waals surface area contributed by atoms with Crippen LogP contribution in [0.25, 0.3) is 44.6 Å². The van der Waals surface area contributed by atoms with Crippen molar-refractivity contribution in [1.82, 2.24) is 51.2 Å². The summed E-state index contributed by atoms with van der Waals surface area (Å²) in [6, 6.07) is 11.6. The second-order valence-corrected chi connectivity index (χ2v) is 8.57. The van der Waals surface area contributed by atoms with E-state index in [9.17, 15) is 9.59 Å². The SMILES string of the molecule is Cc1cc2cc(-c3nnn[nH]3)c(=O)[nH]c2cc1C.Cc1cc2cc(-c3nnn[nH]3)c(=O)[nH]c2cc1C.O. The number of fused-ring (bicyclic) bond motifs is 2. The number of H-pyrrole nitrogens is 4. The van der Waals surface area contributed by atoms with Gasteiger partial charge in [-0.05, 0) is 118 Å². The van der Waals surface area contributed by atoms with Crippen LogP contribution in [-0.4, -0.2) is 56.7 Å². The third kappa shape index (κ3) is 4.88. The quantitative estimate of drug-likeness (QED) is 0.275. The molecule has 13 heteroatoms. The molecule has 0 unspecified atom stereocenters. The first-order valence-electron chi connectivity index (χ1n) is 11.1. The third-order valence-electron chi connectivity index (χ3n) is 6.12. The Morgan fingerprint density at radius 3 is 1.30 bits per heavy atom. The molecular formula is C24H24N10O3. The number of aromatic nitrogens is 10. The van der Waals surface area contributed by atoms with Crippen molar-refractivity contribution in [3.05, 3.63) is 79.4 Å². The summed E-state index contributed by atoms with van der Waals surface area (Å²) in [6.07, 6.45) is 0. The number of aromatic amines is 4. The van der Waals surface area contributed by atoms with Crippen LogP contribution < -0.4 is 11.1 Å². The van der Waals surface area contributed by atoms with Gasteiger partial charge in [0.2, 0.25) is 0 Å². The van der Waals surface area contributed by atoms with Crippen molar-refractivity contribution in [3.63, 3.8) is 0 Å². The summed E-state index contributed by atoms with van der Waals surface area (Å²) in [5, 5.41) is 28.5. The number of nitrogens with zero attached hydrogens (tertiary/aromatic N) is 6. The minimum absolute atomic E-state index is 0. The van der Waals surface area contributed by atoms with Crippen LogP contribution in [0.4, 0.5) is 0 Å². The third-order valence-corrected chi connectivity index (χ3v) is 6.12. The van der Waals surface area contributed by atoms with Crippen molar-refractivity contribution in [1.29, 1.82) is 0 Å². The molecule has 6 aromatic rings. The lowest BCUT2D eigenvalue weighted by molar-refractivity contribution is 0.824. The molecule has 37 heavy (non-hydrogen) atoms. The summed E-state index contributed by atoms with van der Waals surface area (Å²) in [5.74, 6) is 0.743. The van der Waals surface area contributed by atoms with Gasteiger partial charge in [0.15, 0.2) is 11.6 Å². The summed E-state index contributed by atoms with van der Waals surface area (Å²) in [7, 11) is 0. The highest BCUT2D eigenvalue weighted by atomic mass is 16.1. The van der Waals surface area contributed by atoms with E-state index in [1.807, 2.05) is 52.0 Å². The molecule has 188 valence electrons. The first-order valence-corrected chi connectivity index (χ1v) is 11.1. The van der Waals surface area contributed by atoms with Gasteiger partial charge < -0.3 is 15.4 Å². The number of tetrazole rings is 2. The van der Waals surface area contributed by atoms with Gasteiger partial charge in [-0.2, -0.15) is 0 Å². The van der Waals surface area contributed by atoms with E-state index in [4.69, 9.17) is 0 Å². The van der Waals surface area contributed by atoms with Crippen LogP contribution in [0.5, 0.6) is 0 Å². The maximum absolute atomic E-state index is 12.0. The maximum atomic E-state index is 12.0. The van der Waals surface area contributed by atoms with Gasteiger partial charge in [0.1, 0.15) is 0 Å². The molecule has 0 saturated heterocycles. The molecule has 0 bridgehead atoms. The molecule has 4 heterocycles. The zero-order chi connectivity index (χ0) is 25.4. The van der Waals surface area contributed by atoms with Gasteiger partial charge in [-0.15, -0.1) is 10.2 Å². The van der Waals surface area contributed by atoms with E-state index in [-0.39, 0.29) is 16.6 Å². The lowest BCUT2D eigenvalue weighted by atomic mass is 10.0. The van der Waals surface area contributed by atoms with Gasteiger partial charge in [0, 0.05) is 11.0 Å². The van der Waals surface area contributed by atoms with Crippen molar-refractivity contribution in [3.8, 4) is 22.8 Å². The largest absolute Gasteiger partial charge is 0.412 e. The van der Waals surface area contributed by atoms with Crippen molar-refractivity contribution >= 4 is 21.8 Å². The average molecular weight is 501 g/mol. The number of pyridine rings is 2. The number of hydrogen-bond acceptors (Lipinski definition) is 8. The van der Waals surface area contributed by atoms with E-state index in [1.165, 1.54) is 11.1 Å². The van der Waals surface area contributed by atoms with Crippen LogP contribution in [0.2, 0.25) is 0 Å². The van der Waals surface area contributed by atoms with Crippen molar-refractivity contribution in [2.75, 3.05) is 0 Å². The van der Waals surface area contributed by atoms with E-state index in [0.29, 0.717) is 22.8 Å². The van der Waals surface area contributed by atoms with Gasteiger partial charge in [-0.25, -0.2) is 10.2 Å². The molecule has 0 spiro atoms. The second-order valence-electron chi connectivity index (χ2n) is 8.57. The van der Waals surface area contributed by atoms with Gasteiger partial charge in [0.05, 0.1) is 11.1 Å². The van der Waals surface area contributed by atoms with E-state index in [1.54, 1.807) is 12.1 Å². The van der Waals surface area contributed by atoms with Crippen LogP contribution in [-0.2, 0) is 0 Å². The Morgan fingerprint density at radius 2 is 0.946 bits per heavy atom. The minimum Gasteiger partial charge on any atom is -0.412 e. The Hall–Kier alpha value is -5.04. The smallest absolute Gasteiger partial charge is 0.259 e. The van der Waals surface area contributed by atoms with Gasteiger partial charge in [-0.3, -0.25) is 9.59 Å². The average Bonchev–Trinajstić information content (AvgIpc) is 3.56. The predicted octanol–water partition coefficient (Wildman–Crippen LogP) is 1.83. The van der Waals surface area contributed by atoms with Crippen LogP contribution in [0, 0.1) is 27.7 Å². The normalized spacial score (nSPS) is 10.7. The molecular weight excluding hydrogens is 476 g/mol. The fraction of sp³-hybridized carbons (Fsp3) is 0.167. The van der Waals surface area contributed by atoms with Gasteiger partial charge in [-0.1, -0.05) is 0 Å². The number of benzene rings is 2. The molecule has 0 amide bonds. The monoisotopic (exact) mass is 500 g/mol. The maximum Gasteiger partial charge on any atom is 0.259 e. The first-order chi connectivity index (χ1) is 17.3. The minimum atomic E-state index is -0.204. The predicted molar refractivity (Wildman–Crippen MR) is 138 cm³/mol. The Labute approximate surface area is 208 Å². The standard InChI is InChI=1S/2C12H11N5O.H2O/c2*1-6-3-8-5-9(11-14-16-17-15-11)12(18)13-10(8)4-7(6)2;/h2*3-5H,1-2H3,(H,13,18)(H,14,15,16,17);1H2. The summed E-state index contributed by atoms with van der Waals surface area (Å²) >= 11 is 0. The molecule has 0 fully saturated rings. The summed E-state index contributed by atoms with van der Waals surface area (Å²) < 4.78 is 0. The molecule has 0 radical (unpaired) electrons. The van der Waals surface area contributed by atoms with E-state index < -0.39 is 0 Å². The lowest BCUT2D eigenvalue weighted by Crippen LogP contribution is -2.09. The fourth-order valence-electron chi connectivity index (χ4n) is 3.85. The van der Waals surface area contributed by atoms with Crippen molar-refractivity contribution in [2.45, 2.75) is 27.7 Å². The van der Waals surface area contributed by atoms with Crippen molar-refractivity contribution < 1.29 is 5.48 Å². The zero-order valence-electron chi connectivity index (χ0n) is 20.5. The highest BCUT2D eigenvalue weighted by Crippen LogP contribution is 2.21. The molecule has 0 aliphatic heterocycles. The Morgan fingerprint density at radius 1 is 0.568 bits per heavy atom. The zero-order valence-corrected chi connectivity index (χ0v) is 20.5. The van der Waals surface area contributed by atoms with Gasteiger partial charge in [0.25, 0.3) is 11.1 Å². The molecule has 2 aromatic carbocycles. The molecule has 4 aromatic heterocycles. The number of hydrogen-bond donors (Lipinski definition) is 4. The second kappa shape index (κ2) is 9.91. The van der Waals surface area contributed by atoms with Crippen LogP contribution in [0.3, 0.4) is 0 Å². The Kier molecular flexibility index (Phi) is 6.71. The molecule has 13 nitrogen and oxygen atoms in total. The van der Waals surface area contributed by atoms with Crippen LogP contribution >= 0.6 is 0 Å². The molecule has 6 N–H and O–H groups in total. The highest BCUT2D eigenvalue weighted by molar-refractivity contribution is 5.84. The topological polar surface area (TPSA) is 206 Å². The van der Waals surface area contributed by atoms with Crippen molar-refractivity contribution in [2.24, 2.45) is 0 Å². The van der Waals surface area contributed by atoms with E-state index in [0.717, 1.165) is 32.9 Å². The van der Waals surface area contributed by atoms with Crippen LogP contribution in [0.1, 0.15) is 22.3 Å². The first kappa shape index (κ1) is 25.1. The van der Waals surface area contributed by atoms with Gasteiger partial charge >= 0.3 is 0 Å². The molecule has 0 saturated carbocycles. The summed E-state index contributed by atoms with van der Waals surface area (Å²) in [5.41, 5.74) is 6.76. The number of rotatable bonds is 2. The Bertz CT molecular complexity index is 1690. The molecule has 0 aliphatic rings. The fourth-order valence-corrected chi connectivity index (χ4v) is 3.85. The lowest BCUT2D eigenvalue weighted by Gasteiger charge is -2.04. The number of aryl methyl sites for hydroxylation is 4. The molecule has 6 rings (SSSR count). The molecule has 0 aliphatic carbocycles. The Balaban J connectivity index is 0.000000168. The highest BCUT2D eigenvalue weighted by Gasteiger charge is 2.10. The molecule has 0 atom stereocenters. The summed E-state index contributed by atoms with van der Waals surface area (Å²) in [6.45, 7) is 8.11. The summed E-state index contributed by atoms with van der Waals surface area (Å²) in [4.78, 5) is 29.6. The number of nitrogens with one attached hydrogen (secondary N) is 4. The van der Waals surface area contributed by atoms with Crippen LogP contribution in [0.15, 0.2) is 46.0 Å². The van der Waals surface area contributed by atoms with E-state index in [2.05, 4.69) is 51.2 Å².